The number of hydrogen-bond acceptors (Lipinski definition) is 4. The Morgan fingerprint density at radius 2 is 2.00 bits per heavy atom. The van der Waals surface area contributed by atoms with Gasteiger partial charge >= 0.3 is 0 Å². The molecule has 32 heavy (non-hydrogen) atoms. The summed E-state index contributed by atoms with van der Waals surface area (Å²) in [6.45, 7) is 3.09. The number of benzene rings is 2. The zero-order valence-electron chi connectivity index (χ0n) is 17.9. The average Bonchev–Trinajstić information content (AvgIpc) is 3.23. The van der Waals surface area contributed by atoms with Gasteiger partial charge in [-0.2, -0.15) is 5.10 Å². The topological polar surface area (TPSA) is 60.2 Å². The fourth-order valence-electron chi connectivity index (χ4n) is 4.39. The van der Waals surface area contributed by atoms with Crippen molar-refractivity contribution in [2.75, 3.05) is 26.3 Å². The monoisotopic (exact) mass is 426 g/mol. The first kappa shape index (κ1) is 20.4. The van der Waals surface area contributed by atoms with Crippen molar-refractivity contribution in [2.45, 2.75) is 13.0 Å². The van der Waals surface area contributed by atoms with Gasteiger partial charge in [-0.3, -0.25) is 14.5 Å². The van der Waals surface area contributed by atoms with Crippen molar-refractivity contribution in [1.29, 1.82) is 0 Å². The van der Waals surface area contributed by atoms with Crippen molar-refractivity contribution in [3.05, 3.63) is 96.1 Å². The van der Waals surface area contributed by atoms with Crippen LogP contribution in [0.25, 0.3) is 10.8 Å². The lowest BCUT2D eigenvalue weighted by atomic mass is 9.97. The molecule has 1 aliphatic rings. The summed E-state index contributed by atoms with van der Waals surface area (Å²) in [4.78, 5) is 19.6. The van der Waals surface area contributed by atoms with E-state index in [0.29, 0.717) is 32.8 Å². The fourth-order valence-corrected chi connectivity index (χ4v) is 4.39. The quantitative estimate of drug-likeness (QED) is 0.487. The third kappa shape index (κ3) is 4.55. The van der Waals surface area contributed by atoms with Gasteiger partial charge in [0.2, 0.25) is 0 Å². The third-order valence-electron chi connectivity index (χ3n) is 5.99. The van der Waals surface area contributed by atoms with Crippen LogP contribution in [-0.4, -0.2) is 51.9 Å². The van der Waals surface area contributed by atoms with Crippen molar-refractivity contribution in [2.24, 2.45) is 5.92 Å². The van der Waals surface area contributed by atoms with Crippen molar-refractivity contribution in [1.82, 2.24) is 19.7 Å². The van der Waals surface area contributed by atoms with E-state index in [1.807, 2.05) is 64.6 Å². The summed E-state index contributed by atoms with van der Waals surface area (Å²) in [5.74, 6) is 0.312. The first-order valence-electron chi connectivity index (χ1n) is 11.0. The largest absolute Gasteiger partial charge is 0.379 e. The minimum Gasteiger partial charge on any atom is -0.379 e. The molecule has 162 valence electrons. The molecule has 0 aliphatic carbocycles. The maximum atomic E-state index is 13.5. The van der Waals surface area contributed by atoms with Crippen LogP contribution in [-0.2, 0) is 17.7 Å². The average molecular weight is 427 g/mol. The van der Waals surface area contributed by atoms with E-state index in [1.54, 1.807) is 6.20 Å². The van der Waals surface area contributed by atoms with Crippen molar-refractivity contribution in [3.63, 3.8) is 0 Å². The molecule has 0 radical (unpaired) electrons. The highest BCUT2D eigenvalue weighted by Gasteiger charge is 2.25. The van der Waals surface area contributed by atoms with Gasteiger partial charge in [-0.1, -0.05) is 36.4 Å². The molecule has 1 atom stereocenters. The van der Waals surface area contributed by atoms with Crippen molar-refractivity contribution < 1.29 is 9.53 Å². The zero-order chi connectivity index (χ0) is 21.8. The van der Waals surface area contributed by atoms with Crippen LogP contribution in [0.5, 0.6) is 0 Å². The molecule has 1 amide bonds. The van der Waals surface area contributed by atoms with Crippen LogP contribution in [0.1, 0.15) is 21.5 Å². The summed E-state index contributed by atoms with van der Waals surface area (Å²) in [6, 6.07) is 18.2. The van der Waals surface area contributed by atoms with E-state index >= 15 is 0 Å². The first-order chi connectivity index (χ1) is 15.8. The number of ether oxygens (including phenoxy) is 1. The molecule has 0 spiro atoms. The fraction of sp³-hybridized carbons (Fsp3) is 0.269. The van der Waals surface area contributed by atoms with Gasteiger partial charge in [-0.25, -0.2) is 0 Å². The van der Waals surface area contributed by atoms with E-state index in [9.17, 15) is 4.79 Å². The Hall–Kier alpha value is -3.51. The van der Waals surface area contributed by atoms with Gasteiger partial charge in [-0.15, -0.1) is 0 Å². The number of pyridine rings is 1. The molecule has 3 heterocycles. The van der Waals surface area contributed by atoms with Gasteiger partial charge in [-0.05, 0) is 41.1 Å². The van der Waals surface area contributed by atoms with Gasteiger partial charge < -0.3 is 9.64 Å². The van der Waals surface area contributed by atoms with Crippen molar-refractivity contribution >= 4 is 16.7 Å². The van der Waals surface area contributed by atoms with Crippen molar-refractivity contribution in [3.8, 4) is 0 Å². The lowest BCUT2D eigenvalue weighted by Crippen LogP contribution is -2.37. The molecule has 5 rings (SSSR count). The number of hydrogen-bond donors (Lipinski definition) is 0. The Balaban J connectivity index is 1.33. The lowest BCUT2D eigenvalue weighted by Gasteiger charge is -2.25. The molecule has 2 aromatic carbocycles. The third-order valence-corrected chi connectivity index (χ3v) is 5.99. The number of carbonyl (C=O) groups is 1. The molecule has 6 nitrogen and oxygen atoms in total. The summed E-state index contributed by atoms with van der Waals surface area (Å²) in [7, 11) is 0. The molecular weight excluding hydrogens is 400 g/mol. The van der Waals surface area contributed by atoms with Gasteiger partial charge in [0.05, 0.1) is 19.8 Å². The molecule has 1 aliphatic heterocycles. The number of carbonyl (C=O) groups excluding carboxylic acids is 1. The summed E-state index contributed by atoms with van der Waals surface area (Å²) in [5.41, 5.74) is 2.97. The Morgan fingerprint density at radius 3 is 2.91 bits per heavy atom. The summed E-state index contributed by atoms with van der Waals surface area (Å²) >= 11 is 0. The summed E-state index contributed by atoms with van der Waals surface area (Å²) in [5, 5.41) is 6.61. The molecule has 0 N–H and O–H groups in total. The van der Waals surface area contributed by atoms with E-state index in [4.69, 9.17) is 4.74 Å². The van der Waals surface area contributed by atoms with Crippen LogP contribution in [0.2, 0.25) is 0 Å². The standard InChI is InChI=1S/C26H26N4O2/c31-26(25-5-2-1-4-24(25)18-30-11-3-9-28-30)29-12-13-32-19-21(17-29)14-20-6-7-23-16-27-10-8-22(23)15-20/h1-11,15-16,21H,12-14,17-19H2/t21-/m1/s1. The smallest absolute Gasteiger partial charge is 0.254 e. The number of amides is 1. The summed E-state index contributed by atoms with van der Waals surface area (Å²) < 4.78 is 7.72. The van der Waals surface area contributed by atoms with Crippen LogP contribution in [0, 0.1) is 5.92 Å². The lowest BCUT2D eigenvalue weighted by molar-refractivity contribution is 0.0736. The first-order valence-corrected chi connectivity index (χ1v) is 11.0. The van der Waals surface area contributed by atoms with E-state index in [0.717, 1.165) is 22.9 Å². The Labute approximate surface area is 187 Å². The van der Waals surface area contributed by atoms with Gasteiger partial charge in [0, 0.05) is 54.7 Å². The van der Waals surface area contributed by atoms with Gasteiger partial charge in [0.15, 0.2) is 0 Å². The molecule has 2 aromatic heterocycles. The maximum absolute atomic E-state index is 13.5. The predicted octanol–water partition coefficient (Wildman–Crippen LogP) is 3.81. The molecule has 1 fully saturated rings. The number of aromatic nitrogens is 3. The number of nitrogens with zero attached hydrogens (tertiary/aromatic N) is 4. The minimum atomic E-state index is 0.0628. The molecule has 1 saturated heterocycles. The molecule has 0 unspecified atom stereocenters. The van der Waals surface area contributed by atoms with Crippen LogP contribution in [0.4, 0.5) is 0 Å². The van der Waals surface area contributed by atoms with E-state index in [-0.39, 0.29) is 11.8 Å². The second-order valence-electron chi connectivity index (χ2n) is 8.31. The van der Waals surface area contributed by atoms with E-state index in [2.05, 4.69) is 28.3 Å². The van der Waals surface area contributed by atoms with Crippen LogP contribution in [0.15, 0.2) is 79.4 Å². The number of rotatable bonds is 5. The van der Waals surface area contributed by atoms with Gasteiger partial charge in [0.1, 0.15) is 0 Å². The Kier molecular flexibility index (Phi) is 5.94. The molecule has 4 aromatic rings. The zero-order valence-corrected chi connectivity index (χ0v) is 17.9. The Morgan fingerprint density at radius 1 is 1.06 bits per heavy atom. The second kappa shape index (κ2) is 9.32. The molecule has 6 heteroatoms. The highest BCUT2D eigenvalue weighted by atomic mass is 16.5. The SMILES string of the molecule is O=C(c1ccccc1Cn1cccn1)N1CCOC[C@H](Cc2ccc3cnccc3c2)C1. The predicted molar refractivity (Wildman–Crippen MR) is 123 cm³/mol. The molecule has 0 bridgehead atoms. The molecule has 0 saturated carbocycles. The van der Waals surface area contributed by atoms with Crippen LogP contribution >= 0.6 is 0 Å². The normalized spacial score (nSPS) is 16.8. The highest BCUT2D eigenvalue weighted by molar-refractivity contribution is 5.95. The highest BCUT2D eigenvalue weighted by Crippen LogP contribution is 2.21. The van der Waals surface area contributed by atoms with E-state index in [1.165, 1.54) is 10.9 Å². The van der Waals surface area contributed by atoms with Crippen LogP contribution in [0.3, 0.4) is 0 Å². The molecular formula is C26H26N4O2. The summed E-state index contributed by atoms with van der Waals surface area (Å²) in [6.07, 6.45) is 8.25. The van der Waals surface area contributed by atoms with Gasteiger partial charge in [0.25, 0.3) is 5.91 Å². The minimum absolute atomic E-state index is 0.0628. The van der Waals surface area contributed by atoms with Crippen LogP contribution < -0.4 is 0 Å². The Bertz CT molecular complexity index is 1210. The number of fused-ring (bicyclic) bond motifs is 1. The van der Waals surface area contributed by atoms with E-state index < -0.39 is 0 Å². The maximum Gasteiger partial charge on any atom is 0.254 e. The second-order valence-corrected chi connectivity index (χ2v) is 8.31.